The van der Waals surface area contributed by atoms with Crippen molar-refractivity contribution >= 4 is 40.6 Å². The van der Waals surface area contributed by atoms with Crippen molar-refractivity contribution in [1.29, 1.82) is 5.26 Å². The van der Waals surface area contributed by atoms with Gasteiger partial charge in [0.2, 0.25) is 5.78 Å². The van der Waals surface area contributed by atoms with Gasteiger partial charge >= 0.3 is 0 Å². The fourth-order valence-electron chi connectivity index (χ4n) is 2.23. The molecule has 1 amide bonds. The van der Waals surface area contributed by atoms with Gasteiger partial charge in [-0.2, -0.15) is 5.26 Å². The summed E-state index contributed by atoms with van der Waals surface area (Å²) in [6, 6.07) is 11.9. The fraction of sp³-hybridized carbons (Fsp3) is 0.167. The Kier molecular flexibility index (Phi) is 5.61. The van der Waals surface area contributed by atoms with E-state index in [1.807, 2.05) is 32.0 Å². The molecule has 0 heterocycles. The van der Waals surface area contributed by atoms with Gasteiger partial charge in [-0.3, -0.25) is 9.59 Å². The molecule has 2 rings (SSSR count). The van der Waals surface area contributed by atoms with E-state index >= 15 is 0 Å². The Hall–Kier alpha value is -2.35. The average Bonchev–Trinajstić information content (AvgIpc) is 2.54. The second-order valence-corrected chi connectivity index (χ2v) is 6.15. The normalized spacial score (nSPS) is 11.5. The highest BCUT2D eigenvalue weighted by Gasteiger charge is 2.30. The van der Waals surface area contributed by atoms with Crippen LogP contribution in [0, 0.1) is 25.2 Å². The van der Waals surface area contributed by atoms with Gasteiger partial charge in [0.05, 0.1) is 6.07 Å². The van der Waals surface area contributed by atoms with Crippen molar-refractivity contribution in [2.45, 2.75) is 19.8 Å². The van der Waals surface area contributed by atoms with Crippen LogP contribution in [0.3, 0.4) is 0 Å². The number of amides is 1. The lowest BCUT2D eigenvalue weighted by Gasteiger charge is -2.13. The zero-order valence-corrected chi connectivity index (χ0v) is 14.6. The number of nitriles is 1. The summed E-state index contributed by atoms with van der Waals surface area (Å²) < 4.78 is 0. The van der Waals surface area contributed by atoms with Crippen LogP contribution >= 0.6 is 23.2 Å². The molecule has 1 N–H and O–H groups in total. The van der Waals surface area contributed by atoms with Crippen LogP contribution in [0.4, 0.5) is 5.69 Å². The molecular formula is C18H14Cl2N2O2. The van der Waals surface area contributed by atoms with E-state index in [2.05, 4.69) is 5.32 Å². The molecule has 0 saturated heterocycles. The van der Waals surface area contributed by atoms with Gasteiger partial charge < -0.3 is 5.32 Å². The molecule has 0 spiro atoms. The van der Waals surface area contributed by atoms with Gasteiger partial charge in [0.1, 0.15) is 5.92 Å². The van der Waals surface area contributed by atoms with Crippen molar-refractivity contribution in [3.63, 3.8) is 0 Å². The number of aryl methyl sites for hydroxylation is 2. The summed E-state index contributed by atoms with van der Waals surface area (Å²) in [6.07, 6.45) is 0. The zero-order chi connectivity index (χ0) is 17.9. The second-order valence-electron chi connectivity index (χ2n) is 5.33. The first-order chi connectivity index (χ1) is 11.3. The number of carbonyl (C=O) groups is 2. The number of halogens is 2. The molecule has 2 aromatic carbocycles. The maximum atomic E-state index is 12.4. The quantitative estimate of drug-likeness (QED) is 0.820. The van der Waals surface area contributed by atoms with E-state index in [-0.39, 0.29) is 15.6 Å². The van der Waals surface area contributed by atoms with Crippen LogP contribution in [0.15, 0.2) is 36.4 Å². The molecular weight excluding hydrogens is 347 g/mol. The fourth-order valence-corrected chi connectivity index (χ4v) is 2.84. The summed E-state index contributed by atoms with van der Waals surface area (Å²) in [6.45, 7) is 3.69. The molecule has 0 aliphatic rings. The van der Waals surface area contributed by atoms with Crippen LogP contribution in [-0.4, -0.2) is 11.7 Å². The predicted octanol–water partition coefficient (Wildman–Crippen LogP) is 4.43. The monoisotopic (exact) mass is 360 g/mol. The number of ketones is 1. The summed E-state index contributed by atoms with van der Waals surface area (Å²) in [5, 5.41) is 12.2. The standard InChI is InChI=1S/C18H14Cl2N2O2/c1-10-6-7-11(2)15(8-10)22-18(24)17(23)12(9-21)16-13(19)4-3-5-14(16)20/h3-8,12H,1-2H3,(H,22,24)/t12-/m1/s1. The number of rotatable bonds is 4. The number of hydrogen-bond donors (Lipinski definition) is 1. The smallest absolute Gasteiger partial charge is 0.293 e. The molecule has 24 heavy (non-hydrogen) atoms. The lowest BCUT2D eigenvalue weighted by molar-refractivity contribution is -0.135. The summed E-state index contributed by atoms with van der Waals surface area (Å²) in [7, 11) is 0. The number of hydrogen-bond acceptors (Lipinski definition) is 3. The number of anilines is 1. The van der Waals surface area contributed by atoms with Gasteiger partial charge in [0.15, 0.2) is 0 Å². The van der Waals surface area contributed by atoms with E-state index in [1.54, 1.807) is 12.1 Å². The van der Waals surface area contributed by atoms with Gasteiger partial charge in [0, 0.05) is 21.3 Å². The molecule has 0 fully saturated rings. The highest BCUT2D eigenvalue weighted by molar-refractivity contribution is 6.44. The van der Waals surface area contributed by atoms with Gasteiger partial charge in [-0.05, 0) is 43.2 Å². The number of nitrogens with zero attached hydrogens (tertiary/aromatic N) is 1. The Morgan fingerprint density at radius 3 is 2.33 bits per heavy atom. The summed E-state index contributed by atoms with van der Waals surface area (Å²) in [4.78, 5) is 24.7. The third-order valence-electron chi connectivity index (χ3n) is 3.54. The minimum absolute atomic E-state index is 0.143. The van der Waals surface area contributed by atoms with Crippen molar-refractivity contribution in [1.82, 2.24) is 0 Å². The predicted molar refractivity (Wildman–Crippen MR) is 94.4 cm³/mol. The van der Waals surface area contributed by atoms with Crippen molar-refractivity contribution in [3.8, 4) is 6.07 Å². The van der Waals surface area contributed by atoms with Gasteiger partial charge in [0.25, 0.3) is 5.91 Å². The number of Topliss-reactive ketones (excluding diaryl/α,β-unsaturated/α-hetero) is 1. The highest BCUT2D eigenvalue weighted by Crippen LogP contribution is 2.32. The highest BCUT2D eigenvalue weighted by atomic mass is 35.5. The van der Waals surface area contributed by atoms with Crippen LogP contribution < -0.4 is 5.32 Å². The first kappa shape index (κ1) is 18.0. The Morgan fingerprint density at radius 2 is 1.75 bits per heavy atom. The lowest BCUT2D eigenvalue weighted by atomic mass is 9.95. The van der Waals surface area contributed by atoms with Crippen LogP contribution in [-0.2, 0) is 9.59 Å². The molecule has 0 unspecified atom stereocenters. The molecule has 4 nitrogen and oxygen atoms in total. The molecule has 1 atom stereocenters. The van der Waals surface area contributed by atoms with Crippen molar-refractivity contribution in [2.75, 3.05) is 5.32 Å². The minimum Gasteiger partial charge on any atom is -0.319 e. The molecule has 0 saturated carbocycles. The lowest BCUT2D eigenvalue weighted by Crippen LogP contribution is -2.28. The molecule has 0 aliphatic heterocycles. The van der Waals surface area contributed by atoms with E-state index in [0.29, 0.717) is 5.69 Å². The van der Waals surface area contributed by atoms with E-state index in [9.17, 15) is 14.9 Å². The first-order valence-electron chi connectivity index (χ1n) is 7.11. The second kappa shape index (κ2) is 7.48. The van der Waals surface area contributed by atoms with Crippen LogP contribution in [0.1, 0.15) is 22.6 Å². The van der Waals surface area contributed by atoms with Gasteiger partial charge in [-0.1, -0.05) is 41.4 Å². The number of nitrogens with one attached hydrogen (secondary N) is 1. The minimum atomic E-state index is -1.36. The Bertz CT molecular complexity index is 836. The Balaban J connectivity index is 2.31. The van der Waals surface area contributed by atoms with Gasteiger partial charge in [-0.15, -0.1) is 0 Å². The SMILES string of the molecule is Cc1ccc(C)c(NC(=O)C(=O)[C@H](C#N)c2c(Cl)cccc2Cl)c1. The van der Waals surface area contributed by atoms with E-state index < -0.39 is 17.6 Å². The van der Waals surface area contributed by atoms with E-state index in [4.69, 9.17) is 23.2 Å². The summed E-state index contributed by atoms with van der Waals surface area (Å²) in [5.41, 5.74) is 2.42. The van der Waals surface area contributed by atoms with Gasteiger partial charge in [-0.25, -0.2) is 0 Å². The first-order valence-corrected chi connectivity index (χ1v) is 7.86. The number of carbonyl (C=O) groups excluding carboxylic acids is 2. The third kappa shape index (κ3) is 3.76. The Morgan fingerprint density at radius 1 is 1.12 bits per heavy atom. The molecule has 0 radical (unpaired) electrons. The van der Waals surface area contributed by atoms with Crippen LogP contribution in [0.2, 0.25) is 10.0 Å². The van der Waals surface area contributed by atoms with Crippen LogP contribution in [0.25, 0.3) is 0 Å². The molecule has 2 aromatic rings. The summed E-state index contributed by atoms with van der Waals surface area (Å²) >= 11 is 12.1. The number of benzene rings is 2. The zero-order valence-electron chi connectivity index (χ0n) is 13.1. The van der Waals surface area contributed by atoms with Crippen molar-refractivity contribution < 1.29 is 9.59 Å². The molecule has 122 valence electrons. The average molecular weight is 361 g/mol. The topological polar surface area (TPSA) is 70.0 Å². The molecule has 0 bridgehead atoms. The molecule has 6 heteroatoms. The third-order valence-corrected chi connectivity index (χ3v) is 4.20. The largest absolute Gasteiger partial charge is 0.319 e. The summed E-state index contributed by atoms with van der Waals surface area (Å²) in [5.74, 6) is -3.16. The van der Waals surface area contributed by atoms with Crippen molar-refractivity contribution in [3.05, 3.63) is 63.1 Å². The maximum absolute atomic E-state index is 12.4. The van der Waals surface area contributed by atoms with E-state index in [1.165, 1.54) is 12.1 Å². The Labute approximate surface area is 150 Å². The maximum Gasteiger partial charge on any atom is 0.293 e. The van der Waals surface area contributed by atoms with E-state index in [0.717, 1.165) is 11.1 Å². The van der Waals surface area contributed by atoms with Crippen LogP contribution in [0.5, 0.6) is 0 Å². The van der Waals surface area contributed by atoms with Crippen molar-refractivity contribution in [2.24, 2.45) is 0 Å². The molecule has 0 aromatic heterocycles. The molecule has 0 aliphatic carbocycles.